The Labute approximate surface area is 128 Å². The van der Waals surface area contributed by atoms with E-state index in [0.29, 0.717) is 16.8 Å². The molecule has 1 heterocycles. The van der Waals surface area contributed by atoms with Crippen LogP contribution in [0.4, 0.5) is 13.2 Å². The molecular weight excluding hydrogens is 337 g/mol. The van der Waals surface area contributed by atoms with Gasteiger partial charge in [-0.2, -0.15) is 18.4 Å². The number of aryl methyl sites for hydroxylation is 1. The fourth-order valence-corrected chi connectivity index (χ4v) is 4.19. The van der Waals surface area contributed by atoms with Crippen molar-refractivity contribution in [2.45, 2.75) is 23.7 Å². The van der Waals surface area contributed by atoms with Gasteiger partial charge in [-0.1, -0.05) is 0 Å². The van der Waals surface area contributed by atoms with Crippen molar-refractivity contribution in [2.24, 2.45) is 0 Å². The summed E-state index contributed by atoms with van der Waals surface area (Å²) in [6.45, 7) is 1.69. The first kappa shape index (κ1) is 16.5. The molecule has 0 aliphatic carbocycles. The lowest BCUT2D eigenvalue weighted by Crippen LogP contribution is -2.11. The second-order valence-electron chi connectivity index (χ2n) is 4.46. The van der Waals surface area contributed by atoms with Crippen molar-refractivity contribution in [3.8, 4) is 6.07 Å². The molecule has 0 unspecified atom stereocenters. The summed E-state index contributed by atoms with van der Waals surface area (Å²) in [6.07, 6.45) is -4.80. The summed E-state index contributed by atoms with van der Waals surface area (Å²) in [7, 11) is -3.97. The van der Waals surface area contributed by atoms with Crippen LogP contribution in [0.2, 0.25) is 0 Å². The predicted octanol–water partition coefficient (Wildman–Crippen LogP) is 3.32. The number of hydrogen-bond donors (Lipinski definition) is 0. The number of hydrogen-bond acceptors (Lipinski definition) is 5. The van der Waals surface area contributed by atoms with Gasteiger partial charge in [-0.15, -0.1) is 11.3 Å². The van der Waals surface area contributed by atoms with Gasteiger partial charge >= 0.3 is 6.18 Å². The second-order valence-corrected chi connectivity index (χ2v) is 7.39. The van der Waals surface area contributed by atoms with Gasteiger partial charge in [0.2, 0.25) is 0 Å². The zero-order valence-electron chi connectivity index (χ0n) is 11.2. The lowest BCUT2D eigenvalue weighted by Gasteiger charge is -2.10. The Morgan fingerprint density at radius 3 is 2.55 bits per heavy atom. The van der Waals surface area contributed by atoms with E-state index >= 15 is 0 Å². The maximum atomic E-state index is 12.9. The molecule has 0 N–H and O–H groups in total. The standard InChI is InChI=1S/C13H9F3N2O2S2/c1-8-6-21-12(18-8)7-22(19,20)10-3-2-9(5-17)11(4-10)13(14,15)16/h2-4,6H,7H2,1H3. The van der Waals surface area contributed by atoms with Crippen molar-refractivity contribution in [1.82, 2.24) is 4.98 Å². The van der Waals surface area contributed by atoms with Crippen molar-refractivity contribution in [2.75, 3.05) is 0 Å². The summed E-state index contributed by atoms with van der Waals surface area (Å²) >= 11 is 1.12. The average molecular weight is 346 g/mol. The van der Waals surface area contributed by atoms with Gasteiger partial charge in [0.15, 0.2) is 9.84 Å². The summed E-state index contributed by atoms with van der Waals surface area (Å²) < 4.78 is 63.0. The Balaban J connectivity index is 2.46. The van der Waals surface area contributed by atoms with Crippen LogP contribution in [0.1, 0.15) is 21.8 Å². The minimum Gasteiger partial charge on any atom is -0.245 e. The van der Waals surface area contributed by atoms with Gasteiger partial charge in [-0.25, -0.2) is 13.4 Å². The van der Waals surface area contributed by atoms with Crippen molar-refractivity contribution in [3.05, 3.63) is 45.4 Å². The van der Waals surface area contributed by atoms with E-state index in [9.17, 15) is 21.6 Å². The number of nitrogens with zero attached hydrogens (tertiary/aromatic N) is 2. The molecule has 22 heavy (non-hydrogen) atoms. The van der Waals surface area contributed by atoms with Crippen LogP contribution in [0.25, 0.3) is 0 Å². The molecule has 116 valence electrons. The van der Waals surface area contributed by atoms with E-state index < -0.39 is 37.8 Å². The highest BCUT2D eigenvalue weighted by molar-refractivity contribution is 7.90. The van der Waals surface area contributed by atoms with E-state index in [4.69, 9.17) is 5.26 Å². The van der Waals surface area contributed by atoms with Gasteiger partial charge in [0.05, 0.1) is 22.1 Å². The maximum absolute atomic E-state index is 12.9. The largest absolute Gasteiger partial charge is 0.417 e. The number of nitriles is 1. The maximum Gasteiger partial charge on any atom is 0.417 e. The van der Waals surface area contributed by atoms with Crippen LogP contribution in [-0.2, 0) is 21.8 Å². The van der Waals surface area contributed by atoms with E-state index in [-0.39, 0.29) is 0 Å². The van der Waals surface area contributed by atoms with E-state index in [1.807, 2.05) is 0 Å². The Hall–Kier alpha value is -1.92. The molecule has 0 radical (unpaired) electrons. The molecule has 0 saturated heterocycles. The van der Waals surface area contributed by atoms with Crippen molar-refractivity contribution >= 4 is 21.2 Å². The normalized spacial score (nSPS) is 12.1. The number of rotatable bonds is 3. The molecule has 1 aromatic carbocycles. The van der Waals surface area contributed by atoms with Gasteiger partial charge < -0.3 is 0 Å². The summed E-state index contributed by atoms with van der Waals surface area (Å²) in [5.41, 5.74) is -1.23. The number of aromatic nitrogens is 1. The van der Waals surface area contributed by atoms with Crippen LogP contribution < -0.4 is 0 Å². The SMILES string of the molecule is Cc1csc(CS(=O)(=O)c2ccc(C#N)c(C(F)(F)F)c2)n1. The third-order valence-corrected chi connectivity index (χ3v) is 5.53. The molecule has 0 spiro atoms. The quantitative estimate of drug-likeness (QED) is 0.855. The number of halogens is 3. The average Bonchev–Trinajstić information content (AvgIpc) is 2.81. The van der Waals surface area contributed by atoms with Gasteiger partial charge in [0, 0.05) is 11.1 Å². The molecule has 2 rings (SSSR count). The Bertz CT molecular complexity index is 849. The van der Waals surface area contributed by atoms with E-state index in [1.165, 1.54) is 6.07 Å². The van der Waals surface area contributed by atoms with Crippen molar-refractivity contribution < 1.29 is 21.6 Å². The molecule has 0 aliphatic heterocycles. The third kappa shape index (κ3) is 3.45. The van der Waals surface area contributed by atoms with Gasteiger partial charge in [0.25, 0.3) is 0 Å². The summed E-state index contributed by atoms with van der Waals surface area (Å²) in [4.78, 5) is 3.51. The zero-order valence-corrected chi connectivity index (χ0v) is 12.8. The number of thiazole rings is 1. The molecule has 0 saturated carbocycles. The minimum atomic E-state index is -4.80. The number of benzene rings is 1. The first-order valence-electron chi connectivity index (χ1n) is 5.88. The second kappa shape index (κ2) is 5.70. The molecule has 0 aliphatic rings. The number of sulfone groups is 1. The van der Waals surface area contributed by atoms with Crippen LogP contribution in [0.3, 0.4) is 0 Å². The molecule has 0 amide bonds. The fraction of sp³-hybridized carbons (Fsp3) is 0.231. The zero-order chi connectivity index (χ0) is 16.5. The van der Waals surface area contributed by atoms with Crippen LogP contribution in [0.5, 0.6) is 0 Å². The molecule has 2 aromatic rings. The smallest absolute Gasteiger partial charge is 0.245 e. The van der Waals surface area contributed by atoms with Crippen molar-refractivity contribution in [3.63, 3.8) is 0 Å². The van der Waals surface area contributed by atoms with Crippen LogP contribution >= 0.6 is 11.3 Å². The Kier molecular flexibility index (Phi) is 4.26. The summed E-state index contributed by atoms with van der Waals surface area (Å²) in [5.74, 6) is -0.477. The van der Waals surface area contributed by atoms with Gasteiger partial charge in [-0.3, -0.25) is 0 Å². The Morgan fingerprint density at radius 1 is 1.36 bits per heavy atom. The van der Waals surface area contributed by atoms with Crippen LogP contribution in [0, 0.1) is 18.3 Å². The molecular formula is C13H9F3N2O2S2. The first-order valence-corrected chi connectivity index (χ1v) is 8.42. The molecule has 1 aromatic heterocycles. The molecule has 0 fully saturated rings. The lowest BCUT2D eigenvalue weighted by molar-refractivity contribution is -0.137. The summed E-state index contributed by atoms with van der Waals surface area (Å²) in [6, 6.07) is 3.77. The predicted molar refractivity (Wildman–Crippen MR) is 73.9 cm³/mol. The highest BCUT2D eigenvalue weighted by Gasteiger charge is 2.35. The topological polar surface area (TPSA) is 70.8 Å². The van der Waals surface area contributed by atoms with Gasteiger partial charge in [-0.05, 0) is 25.1 Å². The number of alkyl halides is 3. The molecule has 9 heteroatoms. The molecule has 4 nitrogen and oxygen atoms in total. The van der Waals surface area contributed by atoms with E-state index in [1.54, 1.807) is 12.3 Å². The third-order valence-electron chi connectivity index (χ3n) is 2.76. The van der Waals surface area contributed by atoms with Gasteiger partial charge in [0.1, 0.15) is 10.8 Å². The highest BCUT2D eigenvalue weighted by atomic mass is 32.2. The first-order chi connectivity index (χ1) is 10.1. The fourth-order valence-electron chi connectivity index (χ4n) is 1.76. The summed E-state index contributed by atoms with van der Waals surface area (Å²) in [5, 5.41) is 10.7. The highest BCUT2D eigenvalue weighted by Crippen LogP contribution is 2.34. The molecule has 0 bridgehead atoms. The van der Waals surface area contributed by atoms with E-state index in [0.717, 1.165) is 23.5 Å². The van der Waals surface area contributed by atoms with Crippen LogP contribution in [-0.4, -0.2) is 13.4 Å². The monoisotopic (exact) mass is 346 g/mol. The van der Waals surface area contributed by atoms with Crippen LogP contribution in [0.15, 0.2) is 28.5 Å². The minimum absolute atomic E-state index is 0.301. The van der Waals surface area contributed by atoms with Crippen molar-refractivity contribution in [1.29, 1.82) is 5.26 Å². The lowest BCUT2D eigenvalue weighted by atomic mass is 10.1. The molecule has 0 atom stereocenters. The van der Waals surface area contributed by atoms with E-state index in [2.05, 4.69) is 4.98 Å². The Morgan fingerprint density at radius 2 is 2.05 bits per heavy atom.